The first kappa shape index (κ1) is 16.0. The molecule has 1 aliphatic heterocycles. The number of carbonyl (C=O) groups excluding carboxylic acids is 2. The van der Waals surface area contributed by atoms with Crippen molar-refractivity contribution in [2.75, 3.05) is 18.4 Å². The van der Waals surface area contributed by atoms with E-state index in [0.29, 0.717) is 12.8 Å². The van der Waals surface area contributed by atoms with Crippen LogP contribution in [0.15, 0.2) is 24.3 Å². The zero-order valence-corrected chi connectivity index (χ0v) is 14.3. The molecule has 23 heavy (non-hydrogen) atoms. The quantitative estimate of drug-likeness (QED) is 0.870. The van der Waals surface area contributed by atoms with Gasteiger partial charge in [0.2, 0.25) is 11.8 Å². The Hall–Kier alpha value is -1.84. The second kappa shape index (κ2) is 5.66. The second-order valence-corrected chi connectivity index (χ2v) is 7.86. The van der Waals surface area contributed by atoms with Gasteiger partial charge in [0.25, 0.3) is 0 Å². The summed E-state index contributed by atoms with van der Waals surface area (Å²) < 4.78 is 0. The summed E-state index contributed by atoms with van der Waals surface area (Å²) in [6.07, 6.45) is 3.46. The van der Waals surface area contributed by atoms with Crippen LogP contribution < -0.4 is 5.32 Å². The van der Waals surface area contributed by atoms with Gasteiger partial charge in [0.05, 0.1) is 0 Å². The Labute approximate surface area is 138 Å². The monoisotopic (exact) mass is 314 g/mol. The highest BCUT2D eigenvalue weighted by Gasteiger charge is 2.58. The Morgan fingerprint density at radius 2 is 1.61 bits per heavy atom. The van der Waals surface area contributed by atoms with E-state index >= 15 is 0 Å². The maximum atomic E-state index is 12.6. The molecule has 0 radical (unpaired) electrons. The minimum absolute atomic E-state index is 0.0267. The number of likely N-dealkylation sites (tertiary alicyclic amines) is 1. The first-order chi connectivity index (χ1) is 10.8. The standard InChI is InChI=1S/C19H26N2O2/c1-18(2,3)14-6-8-15(9-7-14)20-16(22)19(10-11-19)17(23)21-12-4-5-13-21/h6-9H,4-5,10-13H2,1-3H3,(H,20,22). The number of amides is 2. The molecule has 4 heteroatoms. The Balaban J connectivity index is 1.68. The molecule has 0 unspecified atom stereocenters. The first-order valence-corrected chi connectivity index (χ1v) is 8.54. The van der Waals surface area contributed by atoms with Crippen LogP contribution in [-0.2, 0) is 15.0 Å². The van der Waals surface area contributed by atoms with Crippen LogP contribution in [0.25, 0.3) is 0 Å². The minimum atomic E-state index is -0.799. The Kier molecular flexibility index (Phi) is 3.95. The third kappa shape index (κ3) is 3.12. The van der Waals surface area contributed by atoms with Crippen molar-refractivity contribution in [3.05, 3.63) is 29.8 Å². The summed E-state index contributed by atoms with van der Waals surface area (Å²) in [6, 6.07) is 7.93. The third-order valence-corrected chi connectivity index (χ3v) is 5.00. The predicted molar refractivity (Wildman–Crippen MR) is 91.3 cm³/mol. The van der Waals surface area contributed by atoms with Gasteiger partial charge in [-0.3, -0.25) is 9.59 Å². The molecule has 2 aliphatic rings. The summed E-state index contributed by atoms with van der Waals surface area (Å²) in [5, 5.41) is 2.94. The van der Waals surface area contributed by atoms with Crippen molar-refractivity contribution in [3.8, 4) is 0 Å². The molecule has 1 heterocycles. The van der Waals surface area contributed by atoms with Crippen LogP contribution in [0, 0.1) is 5.41 Å². The van der Waals surface area contributed by atoms with Crippen molar-refractivity contribution in [3.63, 3.8) is 0 Å². The summed E-state index contributed by atoms with van der Waals surface area (Å²) in [6.45, 7) is 8.08. The average Bonchev–Trinajstić information content (AvgIpc) is 3.14. The number of anilines is 1. The van der Waals surface area contributed by atoms with Gasteiger partial charge in [0.1, 0.15) is 5.41 Å². The van der Waals surface area contributed by atoms with Crippen molar-refractivity contribution in [1.82, 2.24) is 4.90 Å². The molecule has 1 N–H and O–H groups in total. The zero-order valence-electron chi connectivity index (χ0n) is 14.3. The molecular weight excluding hydrogens is 288 g/mol. The summed E-state index contributed by atoms with van der Waals surface area (Å²) >= 11 is 0. The lowest BCUT2D eigenvalue weighted by Crippen LogP contribution is -2.41. The lowest BCUT2D eigenvalue weighted by Gasteiger charge is -2.22. The summed E-state index contributed by atoms with van der Waals surface area (Å²) in [5.74, 6) is -0.114. The Morgan fingerprint density at radius 3 is 2.09 bits per heavy atom. The number of benzene rings is 1. The molecule has 1 saturated carbocycles. The predicted octanol–water partition coefficient (Wildman–Crippen LogP) is 3.33. The van der Waals surface area contributed by atoms with Crippen molar-refractivity contribution >= 4 is 17.5 Å². The van der Waals surface area contributed by atoms with Crippen LogP contribution >= 0.6 is 0 Å². The van der Waals surface area contributed by atoms with Crippen LogP contribution in [0.2, 0.25) is 0 Å². The SMILES string of the molecule is CC(C)(C)c1ccc(NC(=O)C2(C(=O)N3CCCC3)CC2)cc1. The molecule has 1 aliphatic carbocycles. The second-order valence-electron chi connectivity index (χ2n) is 7.86. The molecule has 3 rings (SSSR count). The average molecular weight is 314 g/mol. The van der Waals surface area contributed by atoms with Crippen molar-refractivity contribution in [1.29, 1.82) is 0 Å². The van der Waals surface area contributed by atoms with Crippen LogP contribution in [0.1, 0.15) is 52.0 Å². The van der Waals surface area contributed by atoms with Gasteiger partial charge in [-0.1, -0.05) is 32.9 Å². The maximum Gasteiger partial charge on any atom is 0.240 e. The maximum absolute atomic E-state index is 12.6. The topological polar surface area (TPSA) is 49.4 Å². The van der Waals surface area contributed by atoms with E-state index in [1.807, 2.05) is 29.2 Å². The van der Waals surface area contributed by atoms with E-state index in [0.717, 1.165) is 31.6 Å². The van der Waals surface area contributed by atoms with Crippen LogP contribution in [0.3, 0.4) is 0 Å². The van der Waals surface area contributed by atoms with Crippen LogP contribution in [0.5, 0.6) is 0 Å². The minimum Gasteiger partial charge on any atom is -0.342 e. The van der Waals surface area contributed by atoms with E-state index in [-0.39, 0.29) is 17.2 Å². The smallest absolute Gasteiger partial charge is 0.240 e. The number of hydrogen-bond donors (Lipinski definition) is 1. The number of carbonyl (C=O) groups is 2. The van der Waals surface area contributed by atoms with E-state index < -0.39 is 5.41 Å². The highest BCUT2D eigenvalue weighted by molar-refractivity contribution is 6.13. The number of rotatable bonds is 3. The van der Waals surface area contributed by atoms with Crippen molar-refractivity contribution in [2.45, 2.75) is 51.9 Å². The number of nitrogens with one attached hydrogen (secondary N) is 1. The molecule has 0 atom stereocenters. The fraction of sp³-hybridized carbons (Fsp3) is 0.579. The molecule has 4 nitrogen and oxygen atoms in total. The van der Waals surface area contributed by atoms with Gasteiger partial charge >= 0.3 is 0 Å². The van der Waals surface area contributed by atoms with Gasteiger partial charge in [-0.15, -0.1) is 0 Å². The van der Waals surface area contributed by atoms with E-state index in [1.165, 1.54) is 5.56 Å². The third-order valence-electron chi connectivity index (χ3n) is 5.00. The van der Waals surface area contributed by atoms with Gasteiger partial charge < -0.3 is 10.2 Å². The van der Waals surface area contributed by atoms with E-state index in [9.17, 15) is 9.59 Å². The molecule has 2 amide bonds. The van der Waals surface area contributed by atoms with Gasteiger partial charge in [0.15, 0.2) is 0 Å². The fourth-order valence-corrected chi connectivity index (χ4v) is 3.19. The lowest BCUT2D eigenvalue weighted by molar-refractivity contribution is -0.141. The largest absolute Gasteiger partial charge is 0.342 e. The van der Waals surface area contributed by atoms with E-state index in [2.05, 4.69) is 26.1 Å². The highest BCUT2D eigenvalue weighted by Crippen LogP contribution is 2.48. The summed E-state index contributed by atoms with van der Waals surface area (Å²) in [4.78, 5) is 27.1. The molecule has 1 aromatic carbocycles. The molecular formula is C19H26N2O2. The van der Waals surface area contributed by atoms with E-state index in [1.54, 1.807) is 0 Å². The van der Waals surface area contributed by atoms with Crippen molar-refractivity contribution in [2.24, 2.45) is 5.41 Å². The molecule has 1 aromatic rings. The van der Waals surface area contributed by atoms with Crippen molar-refractivity contribution < 1.29 is 9.59 Å². The summed E-state index contributed by atoms with van der Waals surface area (Å²) in [5.41, 5.74) is 1.28. The molecule has 0 aromatic heterocycles. The van der Waals surface area contributed by atoms with Gasteiger partial charge in [0, 0.05) is 18.8 Å². The molecule has 1 saturated heterocycles. The summed E-state index contributed by atoms with van der Waals surface area (Å²) in [7, 11) is 0. The fourth-order valence-electron chi connectivity index (χ4n) is 3.19. The highest BCUT2D eigenvalue weighted by atomic mass is 16.2. The van der Waals surface area contributed by atoms with Gasteiger partial charge in [-0.2, -0.15) is 0 Å². The molecule has 124 valence electrons. The van der Waals surface area contributed by atoms with Crippen LogP contribution in [0.4, 0.5) is 5.69 Å². The number of nitrogens with zero attached hydrogens (tertiary/aromatic N) is 1. The van der Waals surface area contributed by atoms with Gasteiger partial charge in [-0.05, 0) is 48.8 Å². The van der Waals surface area contributed by atoms with Crippen LogP contribution in [-0.4, -0.2) is 29.8 Å². The Morgan fingerprint density at radius 1 is 1.04 bits per heavy atom. The Bertz CT molecular complexity index is 603. The molecule has 0 spiro atoms. The number of hydrogen-bond acceptors (Lipinski definition) is 2. The molecule has 2 fully saturated rings. The first-order valence-electron chi connectivity index (χ1n) is 8.54. The lowest BCUT2D eigenvalue weighted by atomic mass is 9.87. The zero-order chi connectivity index (χ0) is 16.7. The van der Waals surface area contributed by atoms with Gasteiger partial charge in [-0.25, -0.2) is 0 Å². The molecule has 0 bridgehead atoms. The normalized spacial score (nSPS) is 19.5. The van der Waals surface area contributed by atoms with E-state index in [4.69, 9.17) is 0 Å².